The molecule has 0 aromatic rings. The Labute approximate surface area is 56.1 Å². The van der Waals surface area contributed by atoms with E-state index in [1.165, 1.54) is 0 Å². The Morgan fingerprint density at radius 2 is 2.33 bits per heavy atom. The maximum absolute atomic E-state index is 5.49. The largest absolute Gasteiger partial charge is 0.329 e. The van der Waals surface area contributed by atoms with Crippen LogP contribution in [0.3, 0.4) is 0 Å². The normalized spacial score (nSPS) is 13.1. The Balaban J connectivity index is 2.96. The molecule has 0 fully saturated rings. The summed E-state index contributed by atoms with van der Waals surface area (Å²) in [5, 5.41) is 3.06. The van der Waals surface area contributed by atoms with Crippen LogP contribution in [0.15, 0.2) is 12.7 Å². The number of hydrogen-bond donors (Lipinski definition) is 3. The van der Waals surface area contributed by atoms with Crippen LogP contribution in [0.2, 0.25) is 0 Å². The van der Waals surface area contributed by atoms with E-state index in [-0.39, 0.29) is 6.04 Å². The lowest BCUT2D eigenvalue weighted by atomic mass is 10.3. The molecule has 0 saturated heterocycles. The molecule has 0 aromatic heterocycles. The average Bonchev–Trinajstić information content (AvgIpc) is 1.89. The van der Waals surface area contributed by atoms with Gasteiger partial charge < -0.3 is 16.8 Å². The molecule has 3 nitrogen and oxygen atoms in total. The molecule has 0 spiro atoms. The van der Waals surface area contributed by atoms with Crippen molar-refractivity contribution in [1.29, 1.82) is 0 Å². The second-order valence-electron chi connectivity index (χ2n) is 1.94. The van der Waals surface area contributed by atoms with Gasteiger partial charge in [0.1, 0.15) is 0 Å². The summed E-state index contributed by atoms with van der Waals surface area (Å²) in [4.78, 5) is 0. The fourth-order valence-electron chi connectivity index (χ4n) is 0.454. The maximum Gasteiger partial charge on any atom is 0.0290 e. The molecule has 5 N–H and O–H groups in total. The molecular weight excluding hydrogens is 114 g/mol. The highest BCUT2D eigenvalue weighted by Crippen LogP contribution is 1.68. The van der Waals surface area contributed by atoms with Gasteiger partial charge in [0.15, 0.2) is 0 Å². The van der Waals surface area contributed by atoms with Gasteiger partial charge >= 0.3 is 0 Å². The molecule has 0 saturated carbocycles. The Morgan fingerprint density at radius 3 is 2.78 bits per heavy atom. The molecule has 0 aliphatic heterocycles. The van der Waals surface area contributed by atoms with Gasteiger partial charge in [0.05, 0.1) is 0 Å². The predicted molar refractivity (Wildman–Crippen MR) is 40.1 cm³/mol. The van der Waals surface area contributed by atoms with E-state index in [4.69, 9.17) is 11.5 Å². The van der Waals surface area contributed by atoms with E-state index in [1.54, 1.807) is 6.08 Å². The van der Waals surface area contributed by atoms with Crippen molar-refractivity contribution in [2.45, 2.75) is 6.04 Å². The molecule has 0 amide bonds. The zero-order valence-corrected chi connectivity index (χ0v) is 5.64. The second kappa shape index (κ2) is 5.75. The van der Waals surface area contributed by atoms with Crippen LogP contribution < -0.4 is 16.8 Å². The van der Waals surface area contributed by atoms with Gasteiger partial charge in [0.2, 0.25) is 0 Å². The number of rotatable bonds is 5. The lowest BCUT2D eigenvalue weighted by Crippen LogP contribution is -2.39. The number of nitrogens with two attached hydrogens (primary N) is 2. The third kappa shape index (κ3) is 5.49. The van der Waals surface area contributed by atoms with Gasteiger partial charge in [0, 0.05) is 25.7 Å². The van der Waals surface area contributed by atoms with E-state index in [0.29, 0.717) is 6.54 Å². The van der Waals surface area contributed by atoms with Crippen molar-refractivity contribution in [2.75, 3.05) is 19.6 Å². The van der Waals surface area contributed by atoms with E-state index in [9.17, 15) is 0 Å². The molecule has 0 aromatic carbocycles. The van der Waals surface area contributed by atoms with Crippen molar-refractivity contribution < 1.29 is 0 Å². The third-order valence-electron chi connectivity index (χ3n) is 0.998. The van der Waals surface area contributed by atoms with Crippen molar-refractivity contribution in [3.8, 4) is 0 Å². The fourth-order valence-corrected chi connectivity index (χ4v) is 0.454. The Bertz CT molecular complexity index is 72.7. The minimum atomic E-state index is 0.0740. The Kier molecular flexibility index (Phi) is 5.51. The Hall–Kier alpha value is -0.380. The monoisotopic (exact) mass is 129 g/mol. The standard InChI is InChI=1S/C6H15N3/c1-2-3-9-5-6(8)4-7/h2,6,9H,1,3-5,7-8H2. The molecule has 54 valence electrons. The topological polar surface area (TPSA) is 64.1 Å². The molecule has 0 radical (unpaired) electrons. The molecule has 0 aliphatic rings. The summed E-state index contributed by atoms with van der Waals surface area (Å²) >= 11 is 0. The molecule has 3 heteroatoms. The summed E-state index contributed by atoms with van der Waals surface area (Å²) in [6, 6.07) is 0.0740. The summed E-state index contributed by atoms with van der Waals surface area (Å²) in [5.74, 6) is 0. The minimum Gasteiger partial charge on any atom is -0.329 e. The molecule has 0 aliphatic carbocycles. The van der Waals surface area contributed by atoms with Crippen LogP contribution in [-0.2, 0) is 0 Å². The van der Waals surface area contributed by atoms with Gasteiger partial charge in [-0.05, 0) is 0 Å². The van der Waals surface area contributed by atoms with Crippen LogP contribution in [0.25, 0.3) is 0 Å². The van der Waals surface area contributed by atoms with Crippen molar-refractivity contribution >= 4 is 0 Å². The highest BCUT2D eigenvalue weighted by atomic mass is 14.9. The minimum absolute atomic E-state index is 0.0740. The van der Waals surface area contributed by atoms with Crippen molar-refractivity contribution in [1.82, 2.24) is 5.32 Å². The van der Waals surface area contributed by atoms with E-state index >= 15 is 0 Å². The summed E-state index contributed by atoms with van der Waals surface area (Å²) < 4.78 is 0. The van der Waals surface area contributed by atoms with Crippen LogP contribution in [0.1, 0.15) is 0 Å². The SMILES string of the molecule is C=CCNCC(N)CN. The maximum atomic E-state index is 5.49. The van der Waals surface area contributed by atoms with Gasteiger partial charge in [-0.1, -0.05) is 6.08 Å². The summed E-state index contributed by atoms with van der Waals surface area (Å²) in [5.41, 5.74) is 10.8. The van der Waals surface area contributed by atoms with Gasteiger partial charge in [-0.3, -0.25) is 0 Å². The lowest BCUT2D eigenvalue weighted by molar-refractivity contribution is 0.608. The summed E-state index contributed by atoms with van der Waals surface area (Å²) in [7, 11) is 0. The second-order valence-corrected chi connectivity index (χ2v) is 1.94. The van der Waals surface area contributed by atoms with Crippen LogP contribution in [0.4, 0.5) is 0 Å². The highest BCUT2D eigenvalue weighted by Gasteiger charge is 1.94. The zero-order chi connectivity index (χ0) is 7.11. The molecule has 0 bridgehead atoms. The van der Waals surface area contributed by atoms with Gasteiger partial charge in [-0.15, -0.1) is 6.58 Å². The van der Waals surface area contributed by atoms with Crippen molar-refractivity contribution in [3.63, 3.8) is 0 Å². The number of hydrogen-bond acceptors (Lipinski definition) is 3. The van der Waals surface area contributed by atoms with Crippen LogP contribution in [-0.4, -0.2) is 25.7 Å². The highest BCUT2D eigenvalue weighted by molar-refractivity contribution is 4.72. The number of nitrogens with one attached hydrogen (secondary N) is 1. The first kappa shape index (κ1) is 8.62. The summed E-state index contributed by atoms with van der Waals surface area (Å²) in [6.07, 6.45) is 1.79. The van der Waals surface area contributed by atoms with E-state index in [2.05, 4.69) is 11.9 Å². The molecule has 9 heavy (non-hydrogen) atoms. The molecule has 0 heterocycles. The first-order chi connectivity index (χ1) is 4.31. The third-order valence-corrected chi connectivity index (χ3v) is 0.998. The lowest BCUT2D eigenvalue weighted by Gasteiger charge is -2.07. The van der Waals surface area contributed by atoms with Crippen molar-refractivity contribution in [2.24, 2.45) is 11.5 Å². The fraction of sp³-hybridized carbons (Fsp3) is 0.667. The van der Waals surface area contributed by atoms with E-state index in [0.717, 1.165) is 13.1 Å². The summed E-state index contributed by atoms with van der Waals surface area (Å²) in [6.45, 7) is 5.65. The molecule has 0 rings (SSSR count). The molecular formula is C6H15N3. The first-order valence-electron chi connectivity index (χ1n) is 3.08. The molecule has 1 atom stereocenters. The van der Waals surface area contributed by atoms with Gasteiger partial charge in [0.25, 0.3) is 0 Å². The first-order valence-corrected chi connectivity index (χ1v) is 3.08. The van der Waals surface area contributed by atoms with Crippen molar-refractivity contribution in [3.05, 3.63) is 12.7 Å². The van der Waals surface area contributed by atoms with Gasteiger partial charge in [-0.25, -0.2) is 0 Å². The Morgan fingerprint density at radius 1 is 1.67 bits per heavy atom. The van der Waals surface area contributed by atoms with Crippen LogP contribution >= 0.6 is 0 Å². The average molecular weight is 129 g/mol. The smallest absolute Gasteiger partial charge is 0.0290 e. The zero-order valence-electron chi connectivity index (χ0n) is 5.64. The van der Waals surface area contributed by atoms with Gasteiger partial charge in [-0.2, -0.15) is 0 Å². The predicted octanol–water partition coefficient (Wildman–Crippen LogP) is -0.952. The van der Waals surface area contributed by atoms with E-state index < -0.39 is 0 Å². The van der Waals surface area contributed by atoms with Crippen LogP contribution in [0.5, 0.6) is 0 Å². The van der Waals surface area contributed by atoms with Crippen LogP contribution in [0, 0.1) is 0 Å². The quantitative estimate of drug-likeness (QED) is 0.331. The van der Waals surface area contributed by atoms with E-state index in [1.807, 2.05) is 0 Å². The molecule has 1 unspecified atom stereocenters.